The summed E-state index contributed by atoms with van der Waals surface area (Å²) in [5.74, 6) is -0.974. The number of hydrogen-bond acceptors (Lipinski definition) is 2. The molecule has 0 amide bonds. The van der Waals surface area contributed by atoms with Crippen molar-refractivity contribution in [3.05, 3.63) is 35.5 Å². The first-order chi connectivity index (χ1) is 6.06. The monoisotopic (exact) mass is 180 g/mol. The van der Waals surface area contributed by atoms with Crippen LogP contribution in [0.5, 0.6) is 0 Å². The summed E-state index contributed by atoms with van der Waals surface area (Å²) in [5, 5.41) is 8.36. The second-order valence-electron chi connectivity index (χ2n) is 2.61. The topological polar surface area (TPSA) is 54.4 Å². The summed E-state index contributed by atoms with van der Waals surface area (Å²) in [6.45, 7) is 3.35. The smallest absolute Gasteiger partial charge is 0.328 e. The molecule has 0 aliphatic rings. The zero-order chi connectivity index (χ0) is 10.3. The molecule has 0 heterocycles. The summed E-state index contributed by atoms with van der Waals surface area (Å²) in [6.07, 6.45) is 6.72. The first-order valence-electron chi connectivity index (χ1n) is 3.77. The van der Waals surface area contributed by atoms with E-state index in [1.807, 2.05) is 0 Å². The number of aldehydes is 1. The van der Waals surface area contributed by atoms with Crippen LogP contribution in [0.25, 0.3) is 0 Å². The lowest BCUT2D eigenvalue weighted by Gasteiger charge is -1.87. The van der Waals surface area contributed by atoms with Crippen LogP contribution in [0.3, 0.4) is 0 Å². The molecule has 0 rings (SSSR count). The van der Waals surface area contributed by atoms with Crippen molar-refractivity contribution in [2.24, 2.45) is 0 Å². The van der Waals surface area contributed by atoms with Crippen molar-refractivity contribution in [2.75, 3.05) is 0 Å². The highest BCUT2D eigenvalue weighted by molar-refractivity contribution is 5.81. The normalized spacial score (nSPS) is 13.4. The van der Waals surface area contributed by atoms with Gasteiger partial charge in [0.05, 0.1) is 0 Å². The number of hydrogen-bond donors (Lipinski definition) is 1. The lowest BCUT2D eigenvalue weighted by molar-refractivity contribution is -0.131. The molecule has 0 saturated carbocycles. The Bertz CT molecular complexity index is 283. The molecule has 0 aromatic carbocycles. The van der Waals surface area contributed by atoms with Crippen LogP contribution in [-0.4, -0.2) is 17.4 Å². The molecule has 0 aromatic rings. The van der Waals surface area contributed by atoms with Gasteiger partial charge in [-0.15, -0.1) is 0 Å². The van der Waals surface area contributed by atoms with Crippen molar-refractivity contribution in [1.29, 1.82) is 0 Å². The van der Waals surface area contributed by atoms with Crippen molar-refractivity contribution in [3.63, 3.8) is 0 Å². The van der Waals surface area contributed by atoms with Gasteiger partial charge >= 0.3 is 5.97 Å². The molecule has 0 atom stereocenters. The average molecular weight is 180 g/mol. The fourth-order valence-electron chi connectivity index (χ4n) is 0.634. The van der Waals surface area contributed by atoms with Crippen molar-refractivity contribution >= 4 is 12.3 Å². The van der Waals surface area contributed by atoms with E-state index in [-0.39, 0.29) is 0 Å². The van der Waals surface area contributed by atoms with Crippen LogP contribution >= 0.6 is 0 Å². The maximum absolute atomic E-state index is 10.2. The average Bonchev–Trinajstić information content (AvgIpc) is 2.02. The maximum Gasteiger partial charge on any atom is 0.328 e. The Morgan fingerprint density at radius 2 is 1.85 bits per heavy atom. The van der Waals surface area contributed by atoms with Crippen LogP contribution in [0.2, 0.25) is 0 Å². The molecule has 0 bridgehead atoms. The van der Waals surface area contributed by atoms with Gasteiger partial charge in [-0.1, -0.05) is 18.2 Å². The molecule has 0 fully saturated rings. The Labute approximate surface area is 77.1 Å². The zero-order valence-corrected chi connectivity index (χ0v) is 7.65. The zero-order valence-electron chi connectivity index (χ0n) is 7.65. The van der Waals surface area contributed by atoms with Gasteiger partial charge in [-0.05, 0) is 25.0 Å². The van der Waals surface area contributed by atoms with Crippen LogP contribution in [0, 0.1) is 0 Å². The molecule has 0 spiro atoms. The molecule has 0 radical (unpaired) electrons. The summed E-state index contributed by atoms with van der Waals surface area (Å²) in [6, 6.07) is 0. The highest BCUT2D eigenvalue weighted by atomic mass is 16.4. The summed E-state index contributed by atoms with van der Waals surface area (Å²) < 4.78 is 0. The second kappa shape index (κ2) is 5.94. The number of rotatable bonds is 4. The number of aliphatic carboxylic acids is 1. The van der Waals surface area contributed by atoms with Crippen molar-refractivity contribution in [2.45, 2.75) is 13.8 Å². The molecular formula is C10H12O3. The van der Waals surface area contributed by atoms with Crippen LogP contribution < -0.4 is 0 Å². The minimum Gasteiger partial charge on any atom is -0.478 e. The van der Waals surface area contributed by atoms with Gasteiger partial charge in [0.25, 0.3) is 0 Å². The van der Waals surface area contributed by atoms with E-state index in [2.05, 4.69) is 0 Å². The summed E-state index contributed by atoms with van der Waals surface area (Å²) in [4.78, 5) is 20.3. The van der Waals surface area contributed by atoms with E-state index >= 15 is 0 Å². The van der Waals surface area contributed by atoms with Gasteiger partial charge in [-0.3, -0.25) is 4.79 Å². The van der Waals surface area contributed by atoms with E-state index in [1.54, 1.807) is 32.1 Å². The standard InChI is InChI=1S/C10H12O3/c1-8(6-10(12)13)4-3-5-9(2)7-11/h3-7H,1-2H3,(H,12,13). The van der Waals surface area contributed by atoms with Gasteiger partial charge < -0.3 is 5.11 Å². The fraction of sp³-hybridized carbons (Fsp3) is 0.200. The molecule has 0 saturated heterocycles. The Kier molecular flexibility index (Phi) is 5.19. The Balaban J connectivity index is 4.28. The van der Waals surface area contributed by atoms with Gasteiger partial charge in [0, 0.05) is 6.08 Å². The Morgan fingerprint density at radius 1 is 1.23 bits per heavy atom. The minimum atomic E-state index is -0.974. The minimum absolute atomic E-state index is 0.597. The van der Waals surface area contributed by atoms with E-state index in [4.69, 9.17) is 5.11 Å². The van der Waals surface area contributed by atoms with E-state index in [0.29, 0.717) is 11.1 Å². The molecular weight excluding hydrogens is 168 g/mol. The Morgan fingerprint density at radius 3 is 2.31 bits per heavy atom. The summed E-state index contributed by atoms with van der Waals surface area (Å²) in [5.41, 5.74) is 1.22. The highest BCUT2D eigenvalue weighted by Crippen LogP contribution is 1.96. The second-order valence-corrected chi connectivity index (χ2v) is 2.61. The number of carboxylic acids is 1. The molecule has 1 N–H and O–H groups in total. The third-order valence-electron chi connectivity index (χ3n) is 1.26. The number of carbonyl (C=O) groups excluding carboxylic acids is 1. The van der Waals surface area contributed by atoms with Crippen LogP contribution in [0.4, 0.5) is 0 Å². The number of allylic oxidation sites excluding steroid dienone is 5. The quantitative estimate of drug-likeness (QED) is 0.407. The van der Waals surface area contributed by atoms with Crippen LogP contribution in [0.1, 0.15) is 13.8 Å². The maximum atomic E-state index is 10.2. The van der Waals surface area contributed by atoms with E-state index < -0.39 is 5.97 Å². The molecule has 0 aliphatic heterocycles. The fourth-order valence-corrected chi connectivity index (χ4v) is 0.634. The lowest BCUT2D eigenvalue weighted by atomic mass is 10.2. The first-order valence-corrected chi connectivity index (χ1v) is 3.77. The predicted molar refractivity (Wildman–Crippen MR) is 50.4 cm³/mol. The van der Waals surface area contributed by atoms with Gasteiger partial charge in [0.1, 0.15) is 6.29 Å². The first kappa shape index (κ1) is 11.4. The van der Waals surface area contributed by atoms with Gasteiger partial charge in [-0.2, -0.15) is 0 Å². The summed E-state index contributed by atoms with van der Waals surface area (Å²) in [7, 11) is 0. The van der Waals surface area contributed by atoms with Crippen LogP contribution in [0.15, 0.2) is 35.5 Å². The van der Waals surface area contributed by atoms with Crippen molar-refractivity contribution in [1.82, 2.24) is 0 Å². The Hall–Kier alpha value is -1.64. The molecule has 0 aromatic heterocycles. The third-order valence-corrected chi connectivity index (χ3v) is 1.26. The summed E-state index contributed by atoms with van der Waals surface area (Å²) >= 11 is 0. The highest BCUT2D eigenvalue weighted by Gasteiger charge is 1.88. The molecule has 13 heavy (non-hydrogen) atoms. The molecule has 3 nitrogen and oxygen atoms in total. The molecule has 0 aliphatic carbocycles. The van der Waals surface area contributed by atoms with E-state index in [1.165, 1.54) is 0 Å². The number of carbonyl (C=O) groups is 2. The molecule has 70 valence electrons. The van der Waals surface area contributed by atoms with E-state index in [0.717, 1.165) is 12.4 Å². The largest absolute Gasteiger partial charge is 0.478 e. The van der Waals surface area contributed by atoms with Gasteiger partial charge in [0.2, 0.25) is 0 Å². The van der Waals surface area contributed by atoms with Crippen molar-refractivity contribution in [3.8, 4) is 0 Å². The number of carboxylic acid groups (broad SMARTS) is 1. The van der Waals surface area contributed by atoms with Gasteiger partial charge in [-0.25, -0.2) is 4.79 Å². The molecule has 0 unspecified atom stereocenters. The predicted octanol–water partition coefficient (Wildman–Crippen LogP) is 1.72. The van der Waals surface area contributed by atoms with E-state index in [9.17, 15) is 9.59 Å². The SMILES string of the molecule is CC(C=O)=CC=CC(C)=CC(=O)O. The third kappa shape index (κ3) is 6.75. The lowest BCUT2D eigenvalue weighted by Crippen LogP contribution is -1.87. The molecule has 3 heteroatoms. The van der Waals surface area contributed by atoms with Crippen LogP contribution in [-0.2, 0) is 9.59 Å². The van der Waals surface area contributed by atoms with Crippen molar-refractivity contribution < 1.29 is 14.7 Å². The van der Waals surface area contributed by atoms with Gasteiger partial charge in [0.15, 0.2) is 0 Å².